The third-order valence-electron chi connectivity index (χ3n) is 10.2. The van der Waals surface area contributed by atoms with Gasteiger partial charge in [-0.2, -0.15) is 0 Å². The topological polar surface area (TPSA) is 119 Å². The number of allylic oxidation sites excluding steroid dienone is 6. The molecular weight excluding hydrogens is 634 g/mol. The minimum atomic E-state index is -0.666. The number of carbonyl (C=O) groups is 4. The average molecular weight is 672 g/mol. The van der Waals surface area contributed by atoms with Crippen LogP contribution >= 0.6 is 0 Å². The second kappa shape index (κ2) is 13.4. The van der Waals surface area contributed by atoms with E-state index in [0.29, 0.717) is 46.1 Å². The van der Waals surface area contributed by atoms with Gasteiger partial charge in [-0.25, -0.2) is 0 Å². The molecule has 9 nitrogen and oxygen atoms in total. The van der Waals surface area contributed by atoms with Crippen LogP contribution in [-0.4, -0.2) is 55.9 Å². The molecule has 0 saturated carbocycles. The summed E-state index contributed by atoms with van der Waals surface area (Å²) < 4.78 is 16.4. The van der Waals surface area contributed by atoms with Crippen LogP contribution in [0.2, 0.25) is 0 Å². The van der Waals surface area contributed by atoms with Gasteiger partial charge in [-0.15, -0.1) is 0 Å². The number of fused-ring (bicyclic) bond motifs is 3. The first-order valence-electron chi connectivity index (χ1n) is 16.7. The number of carbonyl (C=O) groups excluding carboxylic acids is 4. The molecule has 3 aromatic rings. The molecule has 0 bridgehead atoms. The number of Topliss-reactive ketones (excluding diaryl/α,β-unsaturated/α-hetero) is 1. The van der Waals surface area contributed by atoms with Crippen molar-refractivity contribution in [3.05, 3.63) is 118 Å². The molecule has 2 amide bonds. The fourth-order valence-corrected chi connectivity index (χ4v) is 7.83. The van der Waals surface area contributed by atoms with Crippen molar-refractivity contribution in [2.75, 3.05) is 32.3 Å². The molecule has 3 aliphatic carbocycles. The lowest BCUT2D eigenvalue weighted by molar-refractivity contribution is -0.123. The number of nitrogens with zero attached hydrogens (tertiary/aromatic N) is 1. The highest BCUT2D eigenvalue weighted by molar-refractivity contribution is 6.25. The van der Waals surface area contributed by atoms with Crippen LogP contribution in [0.25, 0.3) is 12.2 Å². The molecule has 0 radical (unpaired) electrons. The third-order valence-corrected chi connectivity index (χ3v) is 10.2. The number of aliphatic hydroxyl groups excluding tert-OH is 1. The largest absolute Gasteiger partial charge is 0.497 e. The highest BCUT2D eigenvalue weighted by Gasteiger charge is 2.56. The number of imide groups is 1. The predicted molar refractivity (Wildman–Crippen MR) is 188 cm³/mol. The van der Waals surface area contributed by atoms with Gasteiger partial charge in [0.1, 0.15) is 23.9 Å². The van der Waals surface area contributed by atoms with Crippen LogP contribution < -0.4 is 19.1 Å². The number of rotatable bonds is 9. The van der Waals surface area contributed by atoms with Gasteiger partial charge in [0, 0.05) is 28.2 Å². The van der Waals surface area contributed by atoms with Crippen LogP contribution in [0, 0.1) is 17.8 Å². The SMILES string of the molecule is COc1ccc(OC)c(C=Cc2ccc(N3C(=O)[C@H]4[C@H](CC=C5[C@H](c6ccc(OCCO)cc6)C6=C(C[C@H]54)C(=O)C(C)=CC6=O)C3=O)cc2)c1. The summed E-state index contributed by atoms with van der Waals surface area (Å²) in [4.78, 5) is 56.6. The maximum atomic E-state index is 14.3. The zero-order valence-electron chi connectivity index (χ0n) is 28.1. The van der Waals surface area contributed by atoms with Crippen LogP contribution in [-0.2, 0) is 19.2 Å². The van der Waals surface area contributed by atoms with Gasteiger partial charge in [0.25, 0.3) is 0 Å². The molecule has 3 aromatic carbocycles. The van der Waals surface area contributed by atoms with Gasteiger partial charge in [-0.3, -0.25) is 24.1 Å². The van der Waals surface area contributed by atoms with Crippen molar-refractivity contribution < 1.29 is 38.5 Å². The zero-order valence-corrected chi connectivity index (χ0v) is 28.1. The van der Waals surface area contributed by atoms with Gasteiger partial charge in [0.05, 0.1) is 38.3 Å². The van der Waals surface area contributed by atoms with Crippen molar-refractivity contribution >= 4 is 41.2 Å². The molecule has 0 unspecified atom stereocenters. The minimum absolute atomic E-state index is 0.120. The first-order valence-corrected chi connectivity index (χ1v) is 16.7. The summed E-state index contributed by atoms with van der Waals surface area (Å²) in [6, 6.07) is 20.0. The predicted octanol–water partition coefficient (Wildman–Crippen LogP) is 5.88. The fourth-order valence-electron chi connectivity index (χ4n) is 7.83. The van der Waals surface area contributed by atoms with Gasteiger partial charge in [-0.05, 0) is 85.4 Å². The summed E-state index contributed by atoms with van der Waals surface area (Å²) in [6.45, 7) is 1.67. The van der Waals surface area contributed by atoms with Crippen molar-refractivity contribution in [1.29, 1.82) is 0 Å². The molecular formula is C41H37NO8. The number of amides is 2. The monoisotopic (exact) mass is 671 g/mol. The normalized spacial score (nSPS) is 23.0. The summed E-state index contributed by atoms with van der Waals surface area (Å²) in [7, 11) is 3.21. The Bertz CT molecular complexity index is 2020. The molecule has 254 valence electrons. The Hall–Kier alpha value is -5.54. The van der Waals surface area contributed by atoms with E-state index in [9.17, 15) is 19.2 Å². The summed E-state index contributed by atoms with van der Waals surface area (Å²) in [5.41, 5.74) is 5.11. The molecule has 1 N–H and O–H groups in total. The lowest BCUT2D eigenvalue weighted by Crippen LogP contribution is -2.39. The quantitative estimate of drug-likeness (QED) is 0.130. The zero-order chi connectivity index (χ0) is 35.1. The molecule has 7 rings (SSSR count). The maximum Gasteiger partial charge on any atom is 0.238 e. The second-order valence-electron chi connectivity index (χ2n) is 12.9. The first-order chi connectivity index (χ1) is 24.2. The number of hydrogen-bond donors (Lipinski definition) is 1. The van der Waals surface area contributed by atoms with Gasteiger partial charge in [0.15, 0.2) is 11.6 Å². The Kier molecular flexibility index (Phi) is 8.84. The summed E-state index contributed by atoms with van der Waals surface area (Å²) in [5, 5.41) is 9.15. The smallest absolute Gasteiger partial charge is 0.238 e. The molecule has 1 aliphatic heterocycles. The van der Waals surface area contributed by atoms with E-state index in [1.807, 2.05) is 60.7 Å². The van der Waals surface area contributed by atoms with Crippen molar-refractivity contribution in [3.8, 4) is 17.2 Å². The Morgan fingerprint density at radius 3 is 2.30 bits per heavy atom. The van der Waals surface area contributed by atoms with E-state index in [0.717, 1.165) is 22.3 Å². The molecule has 0 aromatic heterocycles. The molecule has 50 heavy (non-hydrogen) atoms. The number of anilines is 1. The second-order valence-corrected chi connectivity index (χ2v) is 12.9. The lowest BCUT2D eigenvalue weighted by atomic mass is 9.59. The highest BCUT2D eigenvalue weighted by Crippen LogP contribution is 2.55. The molecule has 1 fully saturated rings. The van der Waals surface area contributed by atoms with E-state index in [1.54, 1.807) is 45.4 Å². The number of hydrogen-bond acceptors (Lipinski definition) is 8. The summed E-state index contributed by atoms with van der Waals surface area (Å²) in [5.74, 6) is -1.19. The Balaban J connectivity index is 1.19. The van der Waals surface area contributed by atoms with Gasteiger partial charge in [0.2, 0.25) is 11.8 Å². The van der Waals surface area contributed by atoms with E-state index in [1.165, 1.54) is 11.0 Å². The van der Waals surface area contributed by atoms with E-state index in [4.69, 9.17) is 19.3 Å². The Morgan fingerprint density at radius 2 is 1.60 bits per heavy atom. The average Bonchev–Trinajstić information content (AvgIpc) is 3.40. The minimum Gasteiger partial charge on any atom is -0.497 e. The first kappa shape index (κ1) is 33.0. The summed E-state index contributed by atoms with van der Waals surface area (Å²) in [6.07, 6.45) is 7.82. The highest BCUT2D eigenvalue weighted by atomic mass is 16.5. The number of benzene rings is 3. The van der Waals surface area contributed by atoms with Gasteiger partial charge >= 0.3 is 0 Å². The molecule has 1 heterocycles. The van der Waals surface area contributed by atoms with Gasteiger partial charge < -0.3 is 19.3 Å². The van der Waals surface area contributed by atoms with Crippen LogP contribution in [0.5, 0.6) is 17.2 Å². The Morgan fingerprint density at radius 1 is 0.860 bits per heavy atom. The van der Waals surface area contributed by atoms with Crippen LogP contribution in [0.4, 0.5) is 5.69 Å². The van der Waals surface area contributed by atoms with Crippen molar-refractivity contribution in [2.24, 2.45) is 17.8 Å². The number of ether oxygens (including phenoxy) is 3. The standard InChI is InChI=1S/C41H37NO8/c1-23-20-34(44)38-33(39(23)45)22-32-30(36(38)25-8-12-28(13-9-25)50-19-18-43)15-16-31-37(32)41(47)42(40(31)46)27-10-5-24(6-11-27)4-7-26-21-29(48-2)14-17-35(26)49-3/h4-15,17,20-21,31-32,36-37,43H,16,18-19,22H2,1-3H3/t31-,32+,36-,37-/m0/s1. The van der Waals surface area contributed by atoms with E-state index < -0.39 is 23.7 Å². The van der Waals surface area contributed by atoms with Crippen LogP contribution in [0.1, 0.15) is 42.4 Å². The van der Waals surface area contributed by atoms with Crippen LogP contribution in [0.3, 0.4) is 0 Å². The lowest BCUT2D eigenvalue weighted by Gasteiger charge is -2.42. The molecule has 0 spiro atoms. The van der Waals surface area contributed by atoms with Gasteiger partial charge in [-0.1, -0.05) is 48.1 Å². The van der Waals surface area contributed by atoms with Crippen molar-refractivity contribution in [1.82, 2.24) is 0 Å². The van der Waals surface area contributed by atoms with E-state index >= 15 is 0 Å². The molecule has 1 saturated heterocycles. The maximum absolute atomic E-state index is 14.3. The molecule has 4 aliphatic rings. The van der Waals surface area contributed by atoms with E-state index in [-0.39, 0.29) is 43.0 Å². The van der Waals surface area contributed by atoms with Crippen LogP contribution in [0.15, 0.2) is 101 Å². The number of ketones is 2. The van der Waals surface area contributed by atoms with Crippen molar-refractivity contribution in [2.45, 2.75) is 25.7 Å². The fraction of sp³-hybridized carbons (Fsp3) is 0.268. The number of methoxy groups -OCH3 is 2. The molecule has 4 atom stereocenters. The van der Waals surface area contributed by atoms with E-state index in [2.05, 4.69) is 0 Å². The van der Waals surface area contributed by atoms with Crippen molar-refractivity contribution in [3.63, 3.8) is 0 Å². The summed E-state index contributed by atoms with van der Waals surface area (Å²) >= 11 is 0. The number of aliphatic hydroxyl groups is 1. The Labute approximate surface area is 290 Å². The molecule has 9 heteroatoms. The third kappa shape index (κ3) is 5.67.